The van der Waals surface area contributed by atoms with Gasteiger partial charge in [0, 0.05) is 6.20 Å². The topological polar surface area (TPSA) is 80.4 Å². The van der Waals surface area contributed by atoms with E-state index in [0.29, 0.717) is 17.9 Å². The molecule has 0 bridgehead atoms. The molecule has 0 aliphatic carbocycles. The van der Waals surface area contributed by atoms with Gasteiger partial charge in [0.15, 0.2) is 0 Å². The fourth-order valence-corrected chi connectivity index (χ4v) is 1.34. The maximum atomic E-state index is 10.8. The molecule has 0 spiro atoms. The summed E-state index contributed by atoms with van der Waals surface area (Å²) in [4.78, 5) is 18.6. The van der Waals surface area contributed by atoms with Gasteiger partial charge in [-0.1, -0.05) is 6.92 Å². The molecule has 0 fully saturated rings. The van der Waals surface area contributed by atoms with Crippen molar-refractivity contribution in [1.82, 2.24) is 19.6 Å². The van der Waals surface area contributed by atoms with E-state index in [2.05, 4.69) is 15.1 Å². The SMILES string of the molecule is CCc1c(C(=O)O)cnc2ncnn12. The van der Waals surface area contributed by atoms with Crippen LogP contribution in [0, 0.1) is 0 Å². The van der Waals surface area contributed by atoms with E-state index in [-0.39, 0.29) is 5.56 Å². The second-order valence-electron chi connectivity index (χ2n) is 2.75. The minimum absolute atomic E-state index is 0.172. The van der Waals surface area contributed by atoms with Gasteiger partial charge in [-0.15, -0.1) is 0 Å². The number of aromatic carboxylic acids is 1. The first-order chi connectivity index (χ1) is 6.74. The van der Waals surface area contributed by atoms with Gasteiger partial charge in [-0.05, 0) is 6.42 Å². The Kier molecular flexibility index (Phi) is 1.88. The summed E-state index contributed by atoms with van der Waals surface area (Å²) in [7, 11) is 0. The molecule has 2 heterocycles. The van der Waals surface area contributed by atoms with Crippen molar-refractivity contribution in [2.24, 2.45) is 0 Å². The van der Waals surface area contributed by atoms with Crippen LogP contribution in [0.25, 0.3) is 5.78 Å². The van der Waals surface area contributed by atoms with Gasteiger partial charge in [-0.2, -0.15) is 10.1 Å². The van der Waals surface area contributed by atoms with Crippen molar-refractivity contribution < 1.29 is 9.90 Å². The lowest BCUT2D eigenvalue weighted by Crippen LogP contribution is -2.09. The predicted octanol–water partition coefficient (Wildman–Crippen LogP) is 0.385. The summed E-state index contributed by atoms with van der Waals surface area (Å²) in [6, 6.07) is 0. The minimum Gasteiger partial charge on any atom is -0.478 e. The van der Waals surface area contributed by atoms with Crippen molar-refractivity contribution in [1.29, 1.82) is 0 Å². The minimum atomic E-state index is -0.994. The number of hydrogen-bond donors (Lipinski definition) is 1. The van der Waals surface area contributed by atoms with Crippen LogP contribution in [0.3, 0.4) is 0 Å². The van der Waals surface area contributed by atoms with E-state index in [1.807, 2.05) is 6.92 Å². The van der Waals surface area contributed by atoms with Crippen molar-refractivity contribution >= 4 is 11.7 Å². The molecule has 0 amide bonds. The summed E-state index contributed by atoms with van der Waals surface area (Å²) in [5.41, 5.74) is 0.783. The van der Waals surface area contributed by atoms with Crippen molar-refractivity contribution in [3.63, 3.8) is 0 Å². The Morgan fingerprint density at radius 2 is 2.36 bits per heavy atom. The maximum Gasteiger partial charge on any atom is 0.339 e. The van der Waals surface area contributed by atoms with E-state index in [1.54, 1.807) is 0 Å². The summed E-state index contributed by atoms with van der Waals surface area (Å²) in [5.74, 6) is -0.571. The molecule has 2 aromatic rings. The fourth-order valence-electron chi connectivity index (χ4n) is 1.34. The number of fused-ring (bicyclic) bond motifs is 1. The van der Waals surface area contributed by atoms with Crippen molar-refractivity contribution in [2.45, 2.75) is 13.3 Å². The summed E-state index contributed by atoms with van der Waals surface area (Å²) < 4.78 is 1.45. The Bertz CT molecular complexity index is 491. The Labute approximate surface area is 79.2 Å². The Morgan fingerprint density at radius 1 is 1.57 bits per heavy atom. The fraction of sp³-hybridized carbons (Fsp3) is 0.250. The number of nitrogens with zero attached hydrogens (tertiary/aromatic N) is 4. The van der Waals surface area contributed by atoms with Gasteiger partial charge in [-0.25, -0.2) is 14.3 Å². The molecule has 0 atom stereocenters. The molecule has 0 aliphatic rings. The van der Waals surface area contributed by atoms with Crippen LogP contribution in [0.5, 0.6) is 0 Å². The van der Waals surface area contributed by atoms with Crippen molar-refractivity contribution in [3.8, 4) is 0 Å². The highest BCUT2D eigenvalue weighted by Gasteiger charge is 2.13. The van der Waals surface area contributed by atoms with E-state index in [9.17, 15) is 4.79 Å². The lowest BCUT2D eigenvalue weighted by Gasteiger charge is -2.03. The molecular formula is C8H8N4O2. The first-order valence-corrected chi connectivity index (χ1v) is 4.15. The number of aryl methyl sites for hydroxylation is 1. The van der Waals surface area contributed by atoms with Crippen LogP contribution in [-0.4, -0.2) is 30.7 Å². The number of aromatic nitrogens is 4. The maximum absolute atomic E-state index is 10.8. The lowest BCUT2D eigenvalue weighted by molar-refractivity contribution is 0.0694. The van der Waals surface area contributed by atoms with Gasteiger partial charge in [0.25, 0.3) is 5.78 Å². The molecule has 1 N–H and O–H groups in total. The molecule has 0 saturated heterocycles. The highest BCUT2D eigenvalue weighted by atomic mass is 16.4. The highest BCUT2D eigenvalue weighted by Crippen LogP contribution is 2.09. The first kappa shape index (κ1) is 8.61. The van der Waals surface area contributed by atoms with Crippen LogP contribution in [-0.2, 0) is 6.42 Å². The molecule has 0 radical (unpaired) electrons. The van der Waals surface area contributed by atoms with E-state index >= 15 is 0 Å². The average Bonchev–Trinajstić information content (AvgIpc) is 2.63. The standard InChI is InChI=1S/C8H8N4O2/c1-2-6-5(7(13)14)3-9-8-10-4-11-12(6)8/h3-4H,2H2,1H3,(H,13,14). The monoisotopic (exact) mass is 192 g/mol. The Balaban J connectivity index is 2.78. The zero-order valence-corrected chi connectivity index (χ0v) is 7.51. The van der Waals surface area contributed by atoms with Crippen molar-refractivity contribution in [2.75, 3.05) is 0 Å². The zero-order valence-electron chi connectivity index (χ0n) is 7.51. The molecule has 0 unspecified atom stereocenters. The number of carboxylic acid groups (broad SMARTS) is 1. The number of carboxylic acids is 1. The molecule has 72 valence electrons. The van der Waals surface area contributed by atoms with Crippen LogP contribution in [0.4, 0.5) is 0 Å². The molecule has 2 rings (SSSR count). The predicted molar refractivity (Wildman–Crippen MR) is 47.1 cm³/mol. The molecular weight excluding hydrogens is 184 g/mol. The molecule has 2 aromatic heterocycles. The third-order valence-electron chi connectivity index (χ3n) is 1.97. The smallest absolute Gasteiger partial charge is 0.339 e. The van der Waals surface area contributed by atoms with Crippen LogP contribution < -0.4 is 0 Å². The van der Waals surface area contributed by atoms with Crippen LogP contribution >= 0.6 is 0 Å². The summed E-state index contributed by atoms with van der Waals surface area (Å²) in [6.45, 7) is 1.86. The van der Waals surface area contributed by atoms with Gasteiger partial charge >= 0.3 is 5.97 Å². The Morgan fingerprint density at radius 3 is 3.00 bits per heavy atom. The first-order valence-electron chi connectivity index (χ1n) is 4.15. The highest BCUT2D eigenvalue weighted by molar-refractivity contribution is 5.88. The van der Waals surface area contributed by atoms with Crippen LogP contribution in [0.15, 0.2) is 12.5 Å². The van der Waals surface area contributed by atoms with Crippen LogP contribution in [0.1, 0.15) is 23.0 Å². The van der Waals surface area contributed by atoms with E-state index in [1.165, 1.54) is 17.0 Å². The normalized spacial score (nSPS) is 10.6. The molecule has 6 nitrogen and oxygen atoms in total. The van der Waals surface area contributed by atoms with Crippen molar-refractivity contribution in [3.05, 3.63) is 23.8 Å². The number of rotatable bonds is 2. The molecule has 14 heavy (non-hydrogen) atoms. The summed E-state index contributed by atoms with van der Waals surface area (Å²) >= 11 is 0. The molecule has 0 aliphatic heterocycles. The van der Waals surface area contributed by atoms with E-state index < -0.39 is 5.97 Å². The van der Waals surface area contributed by atoms with Gasteiger partial charge in [0.05, 0.1) is 11.3 Å². The second kappa shape index (κ2) is 3.06. The third kappa shape index (κ3) is 1.12. The Hall–Kier alpha value is -1.98. The zero-order chi connectivity index (χ0) is 10.1. The van der Waals surface area contributed by atoms with Crippen LogP contribution in [0.2, 0.25) is 0 Å². The summed E-state index contributed by atoms with van der Waals surface area (Å²) in [6.07, 6.45) is 3.24. The average molecular weight is 192 g/mol. The molecule has 0 aromatic carbocycles. The molecule has 6 heteroatoms. The van der Waals surface area contributed by atoms with Gasteiger partial charge in [0.2, 0.25) is 0 Å². The number of hydrogen-bond acceptors (Lipinski definition) is 4. The number of carbonyl (C=O) groups is 1. The van der Waals surface area contributed by atoms with Gasteiger partial charge < -0.3 is 5.11 Å². The van der Waals surface area contributed by atoms with Gasteiger partial charge in [-0.3, -0.25) is 0 Å². The van der Waals surface area contributed by atoms with Gasteiger partial charge in [0.1, 0.15) is 6.33 Å². The van der Waals surface area contributed by atoms with E-state index in [4.69, 9.17) is 5.11 Å². The van der Waals surface area contributed by atoms with E-state index in [0.717, 1.165) is 0 Å². The quantitative estimate of drug-likeness (QED) is 0.744. The largest absolute Gasteiger partial charge is 0.478 e. The second-order valence-corrected chi connectivity index (χ2v) is 2.75. The molecule has 0 saturated carbocycles. The lowest BCUT2D eigenvalue weighted by atomic mass is 10.2. The summed E-state index contributed by atoms with van der Waals surface area (Å²) in [5, 5.41) is 12.8. The third-order valence-corrected chi connectivity index (χ3v) is 1.97.